The van der Waals surface area contributed by atoms with Crippen LogP contribution in [0, 0.1) is 11.8 Å². The largest absolute Gasteiger partial charge is 0.573 e. The fraction of sp³-hybridized carbons (Fsp3) is 0.250. The molecule has 0 fully saturated rings. The van der Waals surface area contributed by atoms with Gasteiger partial charge in [0.2, 0.25) is 0 Å². The summed E-state index contributed by atoms with van der Waals surface area (Å²) in [7, 11) is 0. The molecular formula is C20H17F3O4. The van der Waals surface area contributed by atoms with E-state index in [4.69, 9.17) is 9.84 Å². The Labute approximate surface area is 154 Å². The summed E-state index contributed by atoms with van der Waals surface area (Å²) in [4.78, 5) is 10.9. The monoisotopic (exact) mass is 378 g/mol. The number of hydrogen-bond acceptors (Lipinski definition) is 3. The van der Waals surface area contributed by atoms with Crippen molar-refractivity contribution in [3.05, 3.63) is 59.7 Å². The van der Waals surface area contributed by atoms with Gasteiger partial charge in [-0.15, -0.1) is 19.1 Å². The van der Waals surface area contributed by atoms with Crippen LogP contribution < -0.4 is 9.47 Å². The molecule has 142 valence electrons. The molecule has 0 heterocycles. The molecule has 0 aliphatic heterocycles. The van der Waals surface area contributed by atoms with Gasteiger partial charge in [0.15, 0.2) is 0 Å². The molecule has 7 heteroatoms. The first-order valence-corrected chi connectivity index (χ1v) is 7.98. The van der Waals surface area contributed by atoms with Crippen LogP contribution in [0.15, 0.2) is 48.5 Å². The first-order chi connectivity index (χ1) is 12.8. The summed E-state index contributed by atoms with van der Waals surface area (Å²) in [5.74, 6) is 4.52. The second kappa shape index (κ2) is 8.99. The highest BCUT2D eigenvalue weighted by Crippen LogP contribution is 2.24. The van der Waals surface area contributed by atoms with Crippen molar-refractivity contribution in [3.8, 4) is 23.3 Å². The van der Waals surface area contributed by atoms with Crippen LogP contribution in [0.3, 0.4) is 0 Å². The minimum absolute atomic E-state index is 0.0899. The van der Waals surface area contributed by atoms with Gasteiger partial charge < -0.3 is 14.6 Å². The molecule has 1 atom stereocenters. The Morgan fingerprint density at radius 1 is 1.07 bits per heavy atom. The number of ether oxygens (including phenoxy) is 2. The van der Waals surface area contributed by atoms with Crippen LogP contribution in [0.1, 0.15) is 30.4 Å². The number of hydrogen-bond donors (Lipinski definition) is 1. The summed E-state index contributed by atoms with van der Waals surface area (Å²) in [6, 6.07) is 12.3. The SMILES string of the molecule is CC#C[C@@H](CC(=O)O)c1ccc(OCc2ccc(OC(F)(F)F)cc2)cc1. The number of halogens is 3. The number of benzene rings is 2. The lowest BCUT2D eigenvalue weighted by Gasteiger charge is -2.11. The Balaban J connectivity index is 1.96. The van der Waals surface area contributed by atoms with Crippen molar-refractivity contribution in [2.75, 3.05) is 0 Å². The third kappa shape index (κ3) is 6.94. The quantitative estimate of drug-likeness (QED) is 0.707. The molecule has 0 unspecified atom stereocenters. The van der Waals surface area contributed by atoms with Gasteiger partial charge in [-0.2, -0.15) is 0 Å². The van der Waals surface area contributed by atoms with E-state index in [2.05, 4.69) is 16.6 Å². The van der Waals surface area contributed by atoms with Crippen LogP contribution in [0.2, 0.25) is 0 Å². The van der Waals surface area contributed by atoms with Crippen molar-refractivity contribution in [3.63, 3.8) is 0 Å². The molecule has 0 saturated carbocycles. The number of aliphatic carboxylic acids is 1. The van der Waals surface area contributed by atoms with E-state index in [0.717, 1.165) is 5.56 Å². The highest BCUT2D eigenvalue weighted by molar-refractivity contribution is 5.69. The predicted molar refractivity (Wildman–Crippen MR) is 92.3 cm³/mol. The summed E-state index contributed by atoms with van der Waals surface area (Å²) < 4.78 is 45.8. The van der Waals surface area contributed by atoms with Crippen molar-refractivity contribution in [2.24, 2.45) is 0 Å². The van der Waals surface area contributed by atoms with E-state index >= 15 is 0 Å². The van der Waals surface area contributed by atoms with Crippen LogP contribution in [0.5, 0.6) is 11.5 Å². The molecule has 4 nitrogen and oxygen atoms in total. The summed E-state index contributed by atoms with van der Waals surface area (Å²) in [6.07, 6.45) is -4.81. The Morgan fingerprint density at radius 3 is 2.19 bits per heavy atom. The second-order valence-corrected chi connectivity index (χ2v) is 5.59. The van der Waals surface area contributed by atoms with Gasteiger partial charge in [0.1, 0.15) is 18.1 Å². The lowest BCUT2D eigenvalue weighted by Crippen LogP contribution is -2.17. The maximum absolute atomic E-state index is 12.1. The van der Waals surface area contributed by atoms with Gasteiger partial charge in [-0.25, -0.2) is 0 Å². The first-order valence-electron chi connectivity index (χ1n) is 7.98. The zero-order valence-corrected chi connectivity index (χ0v) is 14.4. The number of carboxylic acids is 1. The summed E-state index contributed by atoms with van der Waals surface area (Å²) in [5.41, 5.74) is 1.45. The van der Waals surface area contributed by atoms with Gasteiger partial charge in [0.05, 0.1) is 12.3 Å². The number of carbonyl (C=O) groups is 1. The van der Waals surface area contributed by atoms with Gasteiger partial charge in [-0.05, 0) is 42.3 Å². The maximum atomic E-state index is 12.1. The molecule has 1 N–H and O–H groups in total. The normalized spacial score (nSPS) is 11.9. The summed E-state index contributed by atoms with van der Waals surface area (Å²) >= 11 is 0. The molecule has 0 spiro atoms. The van der Waals surface area contributed by atoms with Crippen molar-refractivity contribution < 1.29 is 32.5 Å². The molecule has 0 aliphatic rings. The molecule has 0 amide bonds. The molecule has 27 heavy (non-hydrogen) atoms. The van der Waals surface area contributed by atoms with Crippen molar-refractivity contribution in [1.82, 2.24) is 0 Å². The van der Waals surface area contributed by atoms with Gasteiger partial charge in [0.25, 0.3) is 0 Å². The van der Waals surface area contributed by atoms with Gasteiger partial charge in [-0.1, -0.05) is 30.2 Å². The minimum atomic E-state index is -4.72. The van der Waals surface area contributed by atoms with Gasteiger partial charge >= 0.3 is 12.3 Å². The van der Waals surface area contributed by atoms with Crippen molar-refractivity contribution >= 4 is 5.97 Å². The van der Waals surface area contributed by atoms with Crippen LogP contribution in [-0.2, 0) is 11.4 Å². The molecule has 0 aliphatic carbocycles. The van der Waals surface area contributed by atoms with E-state index in [9.17, 15) is 18.0 Å². The molecule has 0 saturated heterocycles. The number of alkyl halides is 3. The zero-order chi connectivity index (χ0) is 19.9. The van der Waals surface area contributed by atoms with E-state index < -0.39 is 18.2 Å². The third-order valence-electron chi connectivity index (χ3n) is 3.54. The Kier molecular flexibility index (Phi) is 6.72. The Bertz CT molecular complexity index is 816. The molecule has 0 radical (unpaired) electrons. The van der Waals surface area contributed by atoms with Crippen LogP contribution in [0.25, 0.3) is 0 Å². The van der Waals surface area contributed by atoms with Crippen LogP contribution >= 0.6 is 0 Å². The number of carboxylic acid groups (broad SMARTS) is 1. The molecular weight excluding hydrogens is 361 g/mol. The van der Waals surface area contributed by atoms with Gasteiger partial charge in [0, 0.05) is 0 Å². The zero-order valence-electron chi connectivity index (χ0n) is 14.4. The Hall–Kier alpha value is -3.14. The average Bonchev–Trinajstić information content (AvgIpc) is 2.60. The fourth-order valence-electron chi connectivity index (χ4n) is 2.35. The second-order valence-electron chi connectivity index (χ2n) is 5.59. The summed E-state index contributed by atoms with van der Waals surface area (Å²) in [6.45, 7) is 1.82. The number of rotatable bonds is 7. The van der Waals surface area contributed by atoms with Gasteiger partial charge in [-0.3, -0.25) is 4.79 Å². The van der Waals surface area contributed by atoms with E-state index in [0.29, 0.717) is 11.3 Å². The van der Waals surface area contributed by atoms with Crippen LogP contribution in [0.4, 0.5) is 13.2 Å². The molecule has 2 aromatic rings. The van der Waals surface area contributed by atoms with Crippen molar-refractivity contribution in [2.45, 2.75) is 32.2 Å². The standard InChI is InChI=1S/C20H17F3O4/c1-2-3-16(12-19(24)25)15-6-10-17(11-7-15)26-13-14-4-8-18(9-5-14)27-20(21,22)23/h4-11,16H,12-13H2,1H3,(H,24,25)/t16-/m0/s1. The highest BCUT2D eigenvalue weighted by atomic mass is 19.4. The van der Waals surface area contributed by atoms with Crippen LogP contribution in [-0.4, -0.2) is 17.4 Å². The molecule has 0 aromatic heterocycles. The van der Waals surface area contributed by atoms with Crippen molar-refractivity contribution in [1.29, 1.82) is 0 Å². The summed E-state index contributed by atoms with van der Waals surface area (Å²) in [5, 5.41) is 8.95. The predicted octanol–water partition coefficient (Wildman–Crippen LogP) is 4.75. The van der Waals surface area contributed by atoms with E-state index in [-0.39, 0.29) is 18.8 Å². The van der Waals surface area contributed by atoms with E-state index in [1.54, 1.807) is 31.2 Å². The average molecular weight is 378 g/mol. The molecule has 2 rings (SSSR count). The Morgan fingerprint density at radius 2 is 1.67 bits per heavy atom. The van der Waals surface area contributed by atoms with E-state index in [1.807, 2.05) is 0 Å². The lowest BCUT2D eigenvalue weighted by atomic mass is 9.96. The highest BCUT2D eigenvalue weighted by Gasteiger charge is 2.30. The maximum Gasteiger partial charge on any atom is 0.573 e. The fourth-order valence-corrected chi connectivity index (χ4v) is 2.35. The van der Waals surface area contributed by atoms with E-state index in [1.165, 1.54) is 24.3 Å². The third-order valence-corrected chi connectivity index (χ3v) is 3.54. The molecule has 0 bridgehead atoms. The lowest BCUT2D eigenvalue weighted by molar-refractivity contribution is -0.274. The molecule has 2 aromatic carbocycles. The first kappa shape index (κ1) is 20.2. The topological polar surface area (TPSA) is 55.8 Å². The minimum Gasteiger partial charge on any atom is -0.489 e. The smallest absolute Gasteiger partial charge is 0.489 e.